The van der Waals surface area contributed by atoms with Crippen molar-refractivity contribution < 1.29 is 9.53 Å². The zero-order valence-electron chi connectivity index (χ0n) is 14.9. The molecular formula is C20H21N5O2. The number of piperidine rings is 1. The molecule has 3 aromatic rings. The monoisotopic (exact) mass is 363 g/mol. The van der Waals surface area contributed by atoms with Gasteiger partial charge in [-0.3, -0.25) is 15.0 Å². The van der Waals surface area contributed by atoms with Gasteiger partial charge in [-0.2, -0.15) is 10.2 Å². The van der Waals surface area contributed by atoms with Crippen molar-refractivity contribution in [3.63, 3.8) is 0 Å². The molecule has 0 saturated carbocycles. The number of fused-ring (bicyclic) bond motifs is 2. The van der Waals surface area contributed by atoms with E-state index in [-0.39, 0.29) is 11.5 Å². The smallest absolute Gasteiger partial charge is 0.253 e. The number of hydrogen-bond donors (Lipinski definition) is 2. The number of carbonyl (C=O) groups is 1. The Morgan fingerprint density at radius 3 is 2.85 bits per heavy atom. The third kappa shape index (κ3) is 2.75. The van der Waals surface area contributed by atoms with Gasteiger partial charge in [0.05, 0.1) is 24.7 Å². The standard InChI is InChI=1S/C20H21N5O2/c26-19(15-3-1-2-14(10-15)17-12-21-22-13-17)25-7-5-20(6-8-25)18-16(4-9-27-20)11-23-24-18/h1-3,10-13H,4-9H2,(H,21,22)(H,23,24). The number of nitrogens with one attached hydrogen (secondary N) is 2. The number of H-pyrrole nitrogens is 2. The molecule has 0 atom stereocenters. The third-order valence-electron chi connectivity index (χ3n) is 5.72. The predicted molar refractivity (Wildman–Crippen MR) is 99.1 cm³/mol. The van der Waals surface area contributed by atoms with Gasteiger partial charge in [-0.15, -0.1) is 0 Å². The van der Waals surface area contributed by atoms with Crippen LogP contribution >= 0.6 is 0 Å². The fourth-order valence-corrected chi connectivity index (χ4v) is 4.21. The lowest BCUT2D eigenvalue weighted by Gasteiger charge is -2.43. The first-order valence-corrected chi connectivity index (χ1v) is 9.30. The van der Waals surface area contributed by atoms with Gasteiger partial charge in [0, 0.05) is 30.4 Å². The molecule has 1 spiro atoms. The molecule has 2 aliphatic heterocycles. The van der Waals surface area contributed by atoms with Gasteiger partial charge in [0.15, 0.2) is 0 Å². The van der Waals surface area contributed by atoms with E-state index in [0.29, 0.717) is 25.3 Å². The summed E-state index contributed by atoms with van der Waals surface area (Å²) in [5.41, 5.74) is 4.69. The van der Waals surface area contributed by atoms with Crippen molar-refractivity contribution in [3.8, 4) is 11.1 Å². The molecule has 7 nitrogen and oxygen atoms in total. The summed E-state index contributed by atoms with van der Waals surface area (Å²) in [6.45, 7) is 2.06. The highest BCUT2D eigenvalue weighted by Crippen LogP contribution is 2.40. The summed E-state index contributed by atoms with van der Waals surface area (Å²) in [5.74, 6) is 0.0656. The molecule has 5 rings (SSSR count). The maximum absolute atomic E-state index is 13.0. The van der Waals surface area contributed by atoms with Crippen LogP contribution in [0.1, 0.15) is 34.5 Å². The second-order valence-electron chi connectivity index (χ2n) is 7.22. The zero-order chi connectivity index (χ0) is 18.3. The van der Waals surface area contributed by atoms with E-state index in [2.05, 4.69) is 20.4 Å². The van der Waals surface area contributed by atoms with Gasteiger partial charge in [-0.05, 0) is 42.5 Å². The van der Waals surface area contributed by atoms with E-state index in [1.54, 1.807) is 6.20 Å². The Kier molecular flexibility index (Phi) is 3.82. The molecule has 0 aliphatic carbocycles. The van der Waals surface area contributed by atoms with Gasteiger partial charge in [-0.25, -0.2) is 0 Å². The lowest BCUT2D eigenvalue weighted by molar-refractivity contribution is -0.0962. The van der Waals surface area contributed by atoms with E-state index in [0.717, 1.165) is 36.1 Å². The number of likely N-dealkylation sites (tertiary alicyclic amines) is 1. The number of ether oxygens (including phenoxy) is 1. The summed E-state index contributed by atoms with van der Waals surface area (Å²) in [5, 5.41) is 14.1. The second kappa shape index (κ2) is 6.35. The Morgan fingerprint density at radius 2 is 2.04 bits per heavy atom. The molecule has 1 saturated heterocycles. The molecule has 1 aromatic carbocycles. The number of aromatic amines is 2. The van der Waals surface area contributed by atoms with Crippen molar-refractivity contribution >= 4 is 5.91 Å². The largest absolute Gasteiger partial charge is 0.368 e. The Bertz CT molecular complexity index is 954. The molecule has 0 bridgehead atoms. The van der Waals surface area contributed by atoms with Crippen LogP contribution in [0.15, 0.2) is 42.9 Å². The first-order chi connectivity index (χ1) is 13.3. The molecule has 1 amide bonds. The summed E-state index contributed by atoms with van der Waals surface area (Å²) in [4.78, 5) is 15.0. The quantitative estimate of drug-likeness (QED) is 0.732. The zero-order valence-corrected chi connectivity index (χ0v) is 14.9. The molecule has 7 heteroatoms. The maximum Gasteiger partial charge on any atom is 0.253 e. The highest BCUT2D eigenvalue weighted by molar-refractivity contribution is 5.95. The van der Waals surface area contributed by atoms with Crippen LogP contribution in [0.3, 0.4) is 0 Å². The van der Waals surface area contributed by atoms with E-state index in [1.807, 2.05) is 41.6 Å². The van der Waals surface area contributed by atoms with Gasteiger partial charge in [0.1, 0.15) is 5.60 Å². The summed E-state index contributed by atoms with van der Waals surface area (Å²) in [6.07, 6.45) is 7.97. The Labute approximate surface area is 156 Å². The fourth-order valence-electron chi connectivity index (χ4n) is 4.21. The van der Waals surface area contributed by atoms with Gasteiger partial charge in [0.25, 0.3) is 5.91 Å². The average Bonchev–Trinajstić information content (AvgIpc) is 3.41. The molecule has 0 unspecified atom stereocenters. The SMILES string of the molecule is O=C(c1cccc(-c2cn[nH]c2)c1)N1CCC2(CC1)OCCc1cn[nH]c12. The van der Waals surface area contributed by atoms with Crippen molar-refractivity contribution in [1.29, 1.82) is 0 Å². The van der Waals surface area contributed by atoms with E-state index in [4.69, 9.17) is 4.74 Å². The van der Waals surface area contributed by atoms with Crippen LogP contribution in [0.5, 0.6) is 0 Å². The number of hydrogen-bond acceptors (Lipinski definition) is 4. The van der Waals surface area contributed by atoms with Gasteiger partial charge in [0.2, 0.25) is 0 Å². The number of amides is 1. The molecule has 138 valence electrons. The summed E-state index contributed by atoms with van der Waals surface area (Å²) in [7, 11) is 0. The third-order valence-corrected chi connectivity index (χ3v) is 5.72. The van der Waals surface area contributed by atoms with Gasteiger partial charge < -0.3 is 9.64 Å². The minimum Gasteiger partial charge on any atom is -0.368 e. The number of aromatic nitrogens is 4. The highest BCUT2D eigenvalue weighted by Gasteiger charge is 2.43. The number of nitrogens with zero attached hydrogens (tertiary/aromatic N) is 3. The van der Waals surface area contributed by atoms with Crippen molar-refractivity contribution in [1.82, 2.24) is 25.3 Å². The number of carbonyl (C=O) groups excluding carboxylic acids is 1. The lowest BCUT2D eigenvalue weighted by Crippen LogP contribution is -2.48. The van der Waals surface area contributed by atoms with Crippen LogP contribution in [0.2, 0.25) is 0 Å². The van der Waals surface area contributed by atoms with Crippen LogP contribution in [0.4, 0.5) is 0 Å². The van der Waals surface area contributed by atoms with Gasteiger partial charge >= 0.3 is 0 Å². The van der Waals surface area contributed by atoms with Crippen molar-refractivity contribution in [2.24, 2.45) is 0 Å². The van der Waals surface area contributed by atoms with Crippen LogP contribution in [0, 0.1) is 0 Å². The van der Waals surface area contributed by atoms with Gasteiger partial charge in [-0.1, -0.05) is 12.1 Å². The molecule has 1 fully saturated rings. The number of benzene rings is 1. The van der Waals surface area contributed by atoms with E-state index in [9.17, 15) is 4.79 Å². The maximum atomic E-state index is 13.0. The lowest BCUT2D eigenvalue weighted by atomic mass is 9.83. The fraction of sp³-hybridized carbons (Fsp3) is 0.350. The Morgan fingerprint density at radius 1 is 1.15 bits per heavy atom. The highest BCUT2D eigenvalue weighted by atomic mass is 16.5. The van der Waals surface area contributed by atoms with E-state index < -0.39 is 0 Å². The van der Waals surface area contributed by atoms with Crippen molar-refractivity contribution in [2.75, 3.05) is 19.7 Å². The minimum absolute atomic E-state index is 0.0656. The number of rotatable bonds is 2. The molecule has 2 aromatic heterocycles. The Balaban J connectivity index is 1.33. The normalized spacial score (nSPS) is 18.4. The summed E-state index contributed by atoms with van der Waals surface area (Å²) in [6, 6.07) is 7.71. The Hall–Kier alpha value is -2.93. The molecule has 27 heavy (non-hydrogen) atoms. The second-order valence-corrected chi connectivity index (χ2v) is 7.22. The molecular weight excluding hydrogens is 342 g/mol. The molecule has 0 radical (unpaired) electrons. The van der Waals surface area contributed by atoms with Crippen LogP contribution in [-0.4, -0.2) is 50.9 Å². The molecule has 2 aliphatic rings. The van der Waals surface area contributed by atoms with Crippen LogP contribution in [-0.2, 0) is 16.8 Å². The van der Waals surface area contributed by atoms with Crippen LogP contribution in [0.25, 0.3) is 11.1 Å². The average molecular weight is 363 g/mol. The van der Waals surface area contributed by atoms with Crippen molar-refractivity contribution in [3.05, 3.63) is 59.7 Å². The predicted octanol–water partition coefficient (Wildman–Crippen LogP) is 2.50. The minimum atomic E-state index is -0.320. The first kappa shape index (κ1) is 16.3. The molecule has 2 N–H and O–H groups in total. The summed E-state index contributed by atoms with van der Waals surface area (Å²) < 4.78 is 6.17. The van der Waals surface area contributed by atoms with E-state index >= 15 is 0 Å². The van der Waals surface area contributed by atoms with E-state index in [1.165, 1.54) is 5.56 Å². The first-order valence-electron chi connectivity index (χ1n) is 9.30. The summed E-state index contributed by atoms with van der Waals surface area (Å²) >= 11 is 0. The molecule has 4 heterocycles. The van der Waals surface area contributed by atoms with Crippen molar-refractivity contribution in [2.45, 2.75) is 24.9 Å². The van der Waals surface area contributed by atoms with Crippen LogP contribution < -0.4 is 0 Å². The topological polar surface area (TPSA) is 86.9 Å².